The van der Waals surface area contributed by atoms with Gasteiger partial charge in [0.15, 0.2) is 5.76 Å². The van der Waals surface area contributed by atoms with Crippen LogP contribution >= 0.6 is 0 Å². The van der Waals surface area contributed by atoms with E-state index >= 15 is 0 Å². The van der Waals surface area contributed by atoms with E-state index in [1.807, 2.05) is 81.4 Å². The summed E-state index contributed by atoms with van der Waals surface area (Å²) in [5, 5.41) is 0. The van der Waals surface area contributed by atoms with Crippen LogP contribution in [0, 0.1) is 0 Å². The summed E-state index contributed by atoms with van der Waals surface area (Å²) in [6.07, 6.45) is 1.72. The van der Waals surface area contributed by atoms with Gasteiger partial charge >= 0.3 is 5.97 Å². The number of carbonyl (C=O) groups excluding carboxylic acids is 1. The maximum absolute atomic E-state index is 12.7. The fourth-order valence-corrected chi connectivity index (χ4v) is 3.33. The summed E-state index contributed by atoms with van der Waals surface area (Å²) in [6.45, 7) is 6.27. The molecule has 2 heterocycles. The fraction of sp³-hybridized carbons (Fsp3) is 0.304. The summed E-state index contributed by atoms with van der Waals surface area (Å²) in [7, 11) is 0. The van der Waals surface area contributed by atoms with Gasteiger partial charge in [-0.15, -0.1) is 0 Å². The van der Waals surface area contributed by atoms with Crippen molar-refractivity contribution in [1.29, 1.82) is 0 Å². The standard InChI is InChI=1S/C23H24N2O3/c1-23(2,3)28-22(26)20-19(25(20)15-16-10-6-4-7-11-16)21-24-14-18(27-21)17-12-8-5-9-13-17/h4-14,19-20H,15H2,1-3H3/t19-,20+,25?/m1/s1. The third kappa shape index (κ3) is 3.99. The van der Waals surface area contributed by atoms with Crippen LogP contribution in [-0.2, 0) is 16.1 Å². The Morgan fingerprint density at radius 3 is 2.36 bits per heavy atom. The zero-order valence-corrected chi connectivity index (χ0v) is 16.3. The summed E-state index contributed by atoms with van der Waals surface area (Å²) in [5.41, 5.74) is 1.56. The maximum Gasteiger partial charge on any atom is 0.326 e. The Morgan fingerprint density at radius 1 is 1.07 bits per heavy atom. The Labute approximate surface area is 165 Å². The summed E-state index contributed by atoms with van der Waals surface area (Å²) in [5.74, 6) is 1.00. The second-order valence-electron chi connectivity index (χ2n) is 8.01. The largest absolute Gasteiger partial charge is 0.459 e. The van der Waals surface area contributed by atoms with Crippen LogP contribution in [0.25, 0.3) is 11.3 Å². The highest BCUT2D eigenvalue weighted by molar-refractivity contribution is 5.81. The third-order valence-corrected chi connectivity index (χ3v) is 4.62. The van der Waals surface area contributed by atoms with Crippen molar-refractivity contribution in [3.05, 3.63) is 78.3 Å². The Kier molecular flexibility index (Phi) is 4.77. The van der Waals surface area contributed by atoms with Gasteiger partial charge in [0.1, 0.15) is 17.7 Å². The molecule has 144 valence electrons. The SMILES string of the molecule is CC(C)(C)OC(=O)[C@@H]1[C@H](c2ncc(-c3ccccc3)o2)N1Cc1ccccc1. The zero-order valence-electron chi connectivity index (χ0n) is 16.3. The predicted octanol–water partition coefficient (Wildman–Crippen LogP) is 4.61. The van der Waals surface area contributed by atoms with Gasteiger partial charge in [0.2, 0.25) is 5.89 Å². The lowest BCUT2D eigenvalue weighted by atomic mass is 10.2. The molecule has 5 nitrogen and oxygen atoms in total. The van der Waals surface area contributed by atoms with E-state index in [9.17, 15) is 4.79 Å². The molecular formula is C23H24N2O3. The third-order valence-electron chi connectivity index (χ3n) is 4.62. The van der Waals surface area contributed by atoms with Crippen LogP contribution in [0.15, 0.2) is 71.3 Å². The number of hydrogen-bond donors (Lipinski definition) is 0. The van der Waals surface area contributed by atoms with E-state index in [1.54, 1.807) is 6.20 Å². The lowest BCUT2D eigenvalue weighted by Crippen LogP contribution is -2.28. The molecule has 1 aromatic heterocycles. The first-order valence-electron chi connectivity index (χ1n) is 9.46. The Bertz CT molecular complexity index is 945. The lowest BCUT2D eigenvalue weighted by molar-refractivity contribution is -0.155. The zero-order chi connectivity index (χ0) is 19.7. The molecule has 3 atom stereocenters. The topological polar surface area (TPSA) is 55.3 Å². The number of oxazole rings is 1. The van der Waals surface area contributed by atoms with E-state index in [1.165, 1.54) is 0 Å². The van der Waals surface area contributed by atoms with Gasteiger partial charge in [-0.1, -0.05) is 60.7 Å². The number of ether oxygens (including phenoxy) is 1. The highest BCUT2D eigenvalue weighted by Gasteiger charge is 2.57. The quantitative estimate of drug-likeness (QED) is 0.481. The Balaban J connectivity index is 1.57. The minimum absolute atomic E-state index is 0.215. The minimum atomic E-state index is -0.533. The number of hydrogen-bond acceptors (Lipinski definition) is 5. The van der Waals surface area contributed by atoms with Crippen LogP contribution in [-0.4, -0.2) is 27.5 Å². The molecule has 5 heteroatoms. The van der Waals surface area contributed by atoms with Crippen LogP contribution in [0.3, 0.4) is 0 Å². The molecule has 0 saturated carbocycles. The molecule has 1 saturated heterocycles. The molecule has 0 radical (unpaired) electrons. The predicted molar refractivity (Wildman–Crippen MR) is 106 cm³/mol. The van der Waals surface area contributed by atoms with Crippen molar-refractivity contribution >= 4 is 5.97 Å². The van der Waals surface area contributed by atoms with Gasteiger partial charge in [0.05, 0.1) is 6.20 Å². The van der Waals surface area contributed by atoms with Crippen LogP contribution < -0.4 is 0 Å². The average molecular weight is 376 g/mol. The molecule has 1 aliphatic rings. The molecular weight excluding hydrogens is 352 g/mol. The van der Waals surface area contributed by atoms with E-state index in [2.05, 4.69) is 9.88 Å². The van der Waals surface area contributed by atoms with Gasteiger partial charge in [0, 0.05) is 12.1 Å². The Hall–Kier alpha value is -2.92. The molecule has 0 aliphatic carbocycles. The Morgan fingerprint density at radius 2 is 1.71 bits per heavy atom. The molecule has 1 aliphatic heterocycles. The van der Waals surface area contributed by atoms with Crippen molar-refractivity contribution in [2.45, 2.75) is 45.0 Å². The second kappa shape index (κ2) is 7.24. The maximum atomic E-state index is 12.7. The van der Waals surface area contributed by atoms with Crippen LogP contribution in [0.5, 0.6) is 0 Å². The first-order valence-corrected chi connectivity index (χ1v) is 9.46. The molecule has 0 bridgehead atoms. The molecule has 0 spiro atoms. The normalized spacial score (nSPS) is 21.3. The van der Waals surface area contributed by atoms with Crippen molar-refractivity contribution in [3.8, 4) is 11.3 Å². The molecule has 0 N–H and O–H groups in total. The molecule has 0 amide bonds. The van der Waals surface area contributed by atoms with Crippen molar-refractivity contribution < 1.29 is 13.9 Å². The van der Waals surface area contributed by atoms with Crippen molar-refractivity contribution in [2.75, 3.05) is 0 Å². The van der Waals surface area contributed by atoms with Gasteiger partial charge in [-0.3, -0.25) is 9.69 Å². The minimum Gasteiger partial charge on any atom is -0.459 e. The second-order valence-corrected chi connectivity index (χ2v) is 8.01. The highest BCUT2D eigenvalue weighted by atomic mass is 16.6. The van der Waals surface area contributed by atoms with Crippen molar-refractivity contribution in [2.24, 2.45) is 0 Å². The van der Waals surface area contributed by atoms with Gasteiger partial charge in [-0.2, -0.15) is 0 Å². The molecule has 4 rings (SSSR count). The first-order chi connectivity index (χ1) is 13.4. The molecule has 1 fully saturated rings. The van der Waals surface area contributed by atoms with E-state index < -0.39 is 5.60 Å². The smallest absolute Gasteiger partial charge is 0.326 e. The van der Waals surface area contributed by atoms with E-state index in [0.717, 1.165) is 11.1 Å². The number of carbonyl (C=O) groups is 1. The summed E-state index contributed by atoms with van der Waals surface area (Å²) in [4.78, 5) is 19.3. The summed E-state index contributed by atoms with van der Waals surface area (Å²) < 4.78 is 11.6. The van der Waals surface area contributed by atoms with Gasteiger partial charge < -0.3 is 9.15 Å². The van der Waals surface area contributed by atoms with Gasteiger partial charge in [0.25, 0.3) is 0 Å². The highest BCUT2D eigenvalue weighted by Crippen LogP contribution is 2.45. The van der Waals surface area contributed by atoms with E-state index in [4.69, 9.17) is 9.15 Å². The number of benzene rings is 2. The lowest BCUT2D eigenvalue weighted by Gasteiger charge is -2.19. The van der Waals surface area contributed by atoms with Crippen LogP contribution in [0.1, 0.15) is 38.3 Å². The van der Waals surface area contributed by atoms with Crippen molar-refractivity contribution in [3.63, 3.8) is 0 Å². The monoisotopic (exact) mass is 376 g/mol. The molecule has 2 aromatic carbocycles. The fourth-order valence-electron chi connectivity index (χ4n) is 3.33. The van der Waals surface area contributed by atoms with Crippen LogP contribution in [0.2, 0.25) is 0 Å². The van der Waals surface area contributed by atoms with Crippen LogP contribution in [0.4, 0.5) is 0 Å². The van der Waals surface area contributed by atoms with Gasteiger partial charge in [-0.05, 0) is 26.3 Å². The number of nitrogens with zero attached hydrogens (tertiary/aromatic N) is 2. The van der Waals surface area contributed by atoms with Crippen molar-refractivity contribution in [1.82, 2.24) is 9.88 Å². The molecule has 1 unspecified atom stereocenters. The number of aromatic nitrogens is 1. The number of rotatable bonds is 5. The van der Waals surface area contributed by atoms with E-state index in [0.29, 0.717) is 18.2 Å². The molecule has 3 aromatic rings. The van der Waals surface area contributed by atoms with Gasteiger partial charge in [-0.25, -0.2) is 4.98 Å². The average Bonchev–Trinajstić information content (AvgIpc) is 3.16. The number of esters is 1. The summed E-state index contributed by atoms with van der Waals surface area (Å²) in [6, 6.07) is 19.3. The first kappa shape index (κ1) is 18.4. The molecule has 28 heavy (non-hydrogen) atoms. The summed E-state index contributed by atoms with van der Waals surface area (Å²) >= 11 is 0. The van der Waals surface area contributed by atoms with E-state index in [-0.39, 0.29) is 18.1 Å².